The minimum Gasteiger partial charge on any atom is -0.465 e. The Morgan fingerprint density at radius 1 is 1.18 bits per heavy atom. The van der Waals surface area contributed by atoms with Crippen molar-refractivity contribution in [1.82, 2.24) is 0 Å². The number of carbonyl (C=O) groups is 1. The molecule has 0 spiro atoms. The Balaban J connectivity index is 2.49. The molecular weight excluding hydrogens is 212 g/mol. The zero-order valence-corrected chi connectivity index (χ0v) is 11.2. The number of aryl methyl sites for hydroxylation is 1. The SMILES string of the molecule is Cc1ccc(C(C)C(=O)OCCC(C)C)cc1. The molecule has 0 fully saturated rings. The molecule has 1 atom stereocenters. The van der Waals surface area contributed by atoms with E-state index in [1.807, 2.05) is 38.1 Å². The first-order valence-electron chi connectivity index (χ1n) is 6.24. The molecule has 0 N–H and O–H groups in total. The van der Waals surface area contributed by atoms with Crippen molar-refractivity contribution in [3.63, 3.8) is 0 Å². The highest BCUT2D eigenvalue weighted by Crippen LogP contribution is 2.17. The number of hydrogen-bond donors (Lipinski definition) is 0. The fourth-order valence-corrected chi connectivity index (χ4v) is 1.51. The average Bonchev–Trinajstić information content (AvgIpc) is 2.28. The predicted molar refractivity (Wildman–Crippen MR) is 70.0 cm³/mol. The third-order valence-corrected chi connectivity index (χ3v) is 2.87. The highest BCUT2D eigenvalue weighted by atomic mass is 16.5. The van der Waals surface area contributed by atoms with Gasteiger partial charge in [-0.25, -0.2) is 0 Å². The summed E-state index contributed by atoms with van der Waals surface area (Å²) in [6.45, 7) is 8.69. The zero-order valence-electron chi connectivity index (χ0n) is 11.2. The van der Waals surface area contributed by atoms with E-state index in [2.05, 4.69) is 13.8 Å². The lowest BCUT2D eigenvalue weighted by Gasteiger charge is -2.12. The fraction of sp³-hybridized carbons (Fsp3) is 0.533. The lowest BCUT2D eigenvalue weighted by atomic mass is 10.0. The van der Waals surface area contributed by atoms with Gasteiger partial charge in [-0.3, -0.25) is 4.79 Å². The van der Waals surface area contributed by atoms with Crippen molar-refractivity contribution in [3.8, 4) is 0 Å². The first-order chi connectivity index (χ1) is 8.00. The van der Waals surface area contributed by atoms with Crippen LogP contribution in [0.15, 0.2) is 24.3 Å². The van der Waals surface area contributed by atoms with Crippen molar-refractivity contribution in [2.45, 2.75) is 40.0 Å². The summed E-state index contributed by atoms with van der Waals surface area (Å²) in [5, 5.41) is 0. The molecule has 1 rings (SSSR count). The Hall–Kier alpha value is -1.31. The van der Waals surface area contributed by atoms with Gasteiger partial charge in [-0.1, -0.05) is 43.7 Å². The maximum atomic E-state index is 11.8. The van der Waals surface area contributed by atoms with Crippen LogP contribution in [0.4, 0.5) is 0 Å². The van der Waals surface area contributed by atoms with E-state index in [1.54, 1.807) is 0 Å². The highest BCUT2D eigenvalue weighted by molar-refractivity contribution is 5.77. The number of ether oxygens (including phenoxy) is 1. The van der Waals surface area contributed by atoms with Crippen molar-refractivity contribution in [2.75, 3.05) is 6.61 Å². The molecule has 1 unspecified atom stereocenters. The second kappa shape index (κ2) is 6.43. The summed E-state index contributed by atoms with van der Waals surface area (Å²) in [6, 6.07) is 8.02. The summed E-state index contributed by atoms with van der Waals surface area (Å²) in [6.07, 6.45) is 0.923. The van der Waals surface area contributed by atoms with Crippen LogP contribution in [0.1, 0.15) is 44.2 Å². The van der Waals surface area contributed by atoms with Gasteiger partial charge in [0.1, 0.15) is 0 Å². The van der Waals surface area contributed by atoms with Crippen LogP contribution in [0.5, 0.6) is 0 Å². The number of rotatable bonds is 5. The van der Waals surface area contributed by atoms with E-state index in [9.17, 15) is 4.79 Å². The summed E-state index contributed by atoms with van der Waals surface area (Å²) in [4.78, 5) is 11.8. The fourth-order valence-electron chi connectivity index (χ4n) is 1.51. The number of esters is 1. The molecule has 17 heavy (non-hydrogen) atoms. The minimum atomic E-state index is -0.178. The molecule has 0 aliphatic rings. The molecular formula is C15H22O2. The first kappa shape index (κ1) is 13.8. The van der Waals surface area contributed by atoms with Crippen LogP contribution < -0.4 is 0 Å². The molecule has 0 bridgehead atoms. The smallest absolute Gasteiger partial charge is 0.313 e. The van der Waals surface area contributed by atoms with Gasteiger partial charge in [0.25, 0.3) is 0 Å². The van der Waals surface area contributed by atoms with Crippen LogP contribution >= 0.6 is 0 Å². The largest absolute Gasteiger partial charge is 0.465 e. The Bertz CT molecular complexity index is 352. The van der Waals surface area contributed by atoms with Crippen molar-refractivity contribution in [2.24, 2.45) is 5.92 Å². The molecule has 2 heteroatoms. The molecule has 0 amide bonds. The van der Waals surface area contributed by atoms with E-state index in [4.69, 9.17) is 4.74 Å². The van der Waals surface area contributed by atoms with E-state index in [0.717, 1.165) is 12.0 Å². The number of hydrogen-bond acceptors (Lipinski definition) is 2. The molecule has 0 saturated carbocycles. The van der Waals surface area contributed by atoms with Crippen molar-refractivity contribution >= 4 is 5.97 Å². The molecule has 0 heterocycles. The average molecular weight is 234 g/mol. The molecule has 1 aromatic rings. The van der Waals surface area contributed by atoms with E-state index in [-0.39, 0.29) is 11.9 Å². The van der Waals surface area contributed by atoms with Gasteiger partial charge in [0.2, 0.25) is 0 Å². The summed E-state index contributed by atoms with van der Waals surface area (Å²) in [5.41, 5.74) is 2.22. The van der Waals surface area contributed by atoms with Crippen LogP contribution in [-0.2, 0) is 9.53 Å². The maximum Gasteiger partial charge on any atom is 0.313 e. The van der Waals surface area contributed by atoms with Gasteiger partial charge in [-0.05, 0) is 31.7 Å². The monoisotopic (exact) mass is 234 g/mol. The van der Waals surface area contributed by atoms with E-state index < -0.39 is 0 Å². The molecule has 0 aromatic heterocycles. The van der Waals surface area contributed by atoms with Gasteiger partial charge < -0.3 is 4.74 Å². The Kier molecular flexibility index (Phi) is 5.20. The third-order valence-electron chi connectivity index (χ3n) is 2.87. The highest BCUT2D eigenvalue weighted by Gasteiger charge is 2.16. The van der Waals surface area contributed by atoms with Gasteiger partial charge in [0, 0.05) is 0 Å². The zero-order chi connectivity index (χ0) is 12.8. The van der Waals surface area contributed by atoms with Crippen molar-refractivity contribution in [1.29, 1.82) is 0 Å². The molecule has 0 aliphatic heterocycles. The summed E-state index contributed by atoms with van der Waals surface area (Å²) >= 11 is 0. The molecule has 0 saturated heterocycles. The van der Waals surface area contributed by atoms with Gasteiger partial charge in [-0.2, -0.15) is 0 Å². The van der Waals surface area contributed by atoms with Crippen LogP contribution in [0.25, 0.3) is 0 Å². The molecule has 1 aromatic carbocycles. The topological polar surface area (TPSA) is 26.3 Å². The van der Waals surface area contributed by atoms with Gasteiger partial charge in [0.05, 0.1) is 12.5 Å². The maximum absolute atomic E-state index is 11.8. The minimum absolute atomic E-state index is 0.130. The van der Waals surface area contributed by atoms with E-state index in [0.29, 0.717) is 12.5 Å². The van der Waals surface area contributed by atoms with Crippen LogP contribution in [0, 0.1) is 12.8 Å². The van der Waals surface area contributed by atoms with Crippen LogP contribution in [0.2, 0.25) is 0 Å². The Labute approximate surface area is 104 Å². The molecule has 2 nitrogen and oxygen atoms in total. The van der Waals surface area contributed by atoms with Crippen LogP contribution in [0.3, 0.4) is 0 Å². The summed E-state index contributed by atoms with van der Waals surface area (Å²) in [7, 11) is 0. The molecule has 94 valence electrons. The molecule has 0 aliphatic carbocycles. The first-order valence-corrected chi connectivity index (χ1v) is 6.24. The summed E-state index contributed by atoms with van der Waals surface area (Å²) < 4.78 is 5.26. The quantitative estimate of drug-likeness (QED) is 0.726. The molecule has 0 radical (unpaired) electrons. The van der Waals surface area contributed by atoms with Gasteiger partial charge in [0.15, 0.2) is 0 Å². The van der Waals surface area contributed by atoms with Crippen molar-refractivity contribution in [3.05, 3.63) is 35.4 Å². The Morgan fingerprint density at radius 3 is 2.29 bits per heavy atom. The van der Waals surface area contributed by atoms with Crippen LogP contribution in [-0.4, -0.2) is 12.6 Å². The normalized spacial score (nSPS) is 12.5. The standard InChI is InChI=1S/C15H22O2/c1-11(2)9-10-17-15(16)13(4)14-7-5-12(3)6-8-14/h5-8,11,13H,9-10H2,1-4H3. The summed E-state index contributed by atoms with van der Waals surface area (Å²) in [5.74, 6) is 0.259. The Morgan fingerprint density at radius 2 is 1.76 bits per heavy atom. The van der Waals surface area contributed by atoms with E-state index in [1.165, 1.54) is 5.56 Å². The predicted octanol–water partition coefficient (Wildman–Crippen LogP) is 3.69. The van der Waals surface area contributed by atoms with Gasteiger partial charge in [-0.15, -0.1) is 0 Å². The lowest BCUT2D eigenvalue weighted by molar-refractivity contribution is -0.145. The van der Waals surface area contributed by atoms with Gasteiger partial charge >= 0.3 is 5.97 Å². The number of benzene rings is 1. The third kappa shape index (κ3) is 4.59. The van der Waals surface area contributed by atoms with E-state index >= 15 is 0 Å². The van der Waals surface area contributed by atoms with Crippen molar-refractivity contribution < 1.29 is 9.53 Å². The lowest BCUT2D eigenvalue weighted by Crippen LogP contribution is -2.14. The second-order valence-electron chi connectivity index (χ2n) is 4.98. The second-order valence-corrected chi connectivity index (χ2v) is 4.98. The number of carbonyl (C=O) groups excluding carboxylic acids is 1.